The summed E-state index contributed by atoms with van der Waals surface area (Å²) in [6.45, 7) is 14.7. The van der Waals surface area contributed by atoms with Crippen LogP contribution in [0.25, 0.3) is 0 Å². The molecule has 0 fully saturated rings. The monoisotopic (exact) mass is 261 g/mol. The van der Waals surface area contributed by atoms with Crippen molar-refractivity contribution in [2.45, 2.75) is 65.8 Å². The summed E-state index contributed by atoms with van der Waals surface area (Å²) in [6.07, 6.45) is 2.40. The van der Waals surface area contributed by atoms with Crippen LogP contribution in [0.3, 0.4) is 0 Å². The van der Waals surface area contributed by atoms with Gasteiger partial charge in [0.25, 0.3) is 0 Å². The average molecular weight is 261 g/mol. The van der Waals surface area contributed by atoms with Gasteiger partial charge in [0.2, 0.25) is 0 Å². The number of rotatable bonds is 6. The molecule has 1 nitrogen and oxygen atoms in total. The van der Waals surface area contributed by atoms with Gasteiger partial charge in [-0.3, -0.25) is 0 Å². The third-order valence-electron chi connectivity index (χ3n) is 3.96. The van der Waals surface area contributed by atoms with Gasteiger partial charge in [0.1, 0.15) is 0 Å². The molecular weight excluding hydrogens is 230 g/mol. The normalized spacial score (nSPS) is 15.3. The fraction of sp³-hybridized carbons (Fsp3) is 0.667. The Bertz CT molecular complexity index is 358. The zero-order valence-electron chi connectivity index (χ0n) is 13.6. The molecule has 0 radical (unpaired) electrons. The third kappa shape index (κ3) is 4.65. The van der Waals surface area contributed by atoms with Gasteiger partial charge in [-0.25, -0.2) is 0 Å². The molecule has 0 heterocycles. The van der Waals surface area contributed by atoms with Crippen molar-refractivity contribution in [1.82, 2.24) is 5.32 Å². The van der Waals surface area contributed by atoms with Crippen molar-refractivity contribution in [1.29, 1.82) is 0 Å². The second-order valence-corrected chi connectivity index (χ2v) is 6.69. The second-order valence-electron chi connectivity index (χ2n) is 6.69. The van der Waals surface area contributed by atoms with Crippen LogP contribution in [0.5, 0.6) is 0 Å². The van der Waals surface area contributed by atoms with Crippen molar-refractivity contribution in [2.75, 3.05) is 6.54 Å². The molecule has 1 rings (SSSR count). The van der Waals surface area contributed by atoms with E-state index in [2.05, 4.69) is 71.1 Å². The van der Waals surface area contributed by atoms with Crippen LogP contribution >= 0.6 is 0 Å². The van der Waals surface area contributed by atoms with Crippen LogP contribution in [0.4, 0.5) is 0 Å². The van der Waals surface area contributed by atoms with E-state index in [0.717, 1.165) is 6.54 Å². The Morgan fingerprint density at radius 2 is 1.63 bits per heavy atom. The van der Waals surface area contributed by atoms with Crippen LogP contribution in [0.15, 0.2) is 24.3 Å². The van der Waals surface area contributed by atoms with Gasteiger partial charge in [0.15, 0.2) is 0 Å². The number of hydrogen-bond acceptors (Lipinski definition) is 1. The van der Waals surface area contributed by atoms with Gasteiger partial charge in [-0.15, -0.1) is 0 Å². The molecule has 0 amide bonds. The average Bonchev–Trinajstić information content (AvgIpc) is 2.38. The van der Waals surface area contributed by atoms with Gasteiger partial charge in [0.05, 0.1) is 0 Å². The summed E-state index contributed by atoms with van der Waals surface area (Å²) in [5.41, 5.74) is 3.08. The number of nitrogens with one attached hydrogen (secondary N) is 1. The zero-order valence-corrected chi connectivity index (χ0v) is 13.6. The van der Waals surface area contributed by atoms with E-state index >= 15 is 0 Å². The number of benzene rings is 1. The van der Waals surface area contributed by atoms with E-state index in [4.69, 9.17) is 0 Å². The molecule has 19 heavy (non-hydrogen) atoms. The van der Waals surface area contributed by atoms with Crippen molar-refractivity contribution < 1.29 is 0 Å². The van der Waals surface area contributed by atoms with E-state index < -0.39 is 0 Å². The standard InChI is InChI=1S/C18H31N/c1-7-13-19-17(14(3)8-2)15-9-11-16(12-10-15)18(4,5)6/h9-12,14,17,19H,7-8,13H2,1-6H3. The SMILES string of the molecule is CCCNC(c1ccc(C(C)(C)C)cc1)C(C)CC. The summed E-state index contributed by atoms with van der Waals surface area (Å²) in [6, 6.07) is 9.68. The Hall–Kier alpha value is -0.820. The van der Waals surface area contributed by atoms with Gasteiger partial charge in [-0.1, -0.05) is 72.2 Å². The van der Waals surface area contributed by atoms with Gasteiger partial charge in [0, 0.05) is 6.04 Å². The van der Waals surface area contributed by atoms with Gasteiger partial charge in [-0.05, 0) is 35.4 Å². The zero-order chi connectivity index (χ0) is 14.5. The third-order valence-corrected chi connectivity index (χ3v) is 3.96. The van der Waals surface area contributed by atoms with Crippen LogP contribution in [-0.2, 0) is 5.41 Å². The summed E-state index contributed by atoms with van der Waals surface area (Å²) >= 11 is 0. The minimum absolute atomic E-state index is 0.237. The molecule has 1 heteroatoms. The lowest BCUT2D eigenvalue weighted by Gasteiger charge is -2.26. The molecule has 0 aromatic heterocycles. The van der Waals surface area contributed by atoms with Crippen LogP contribution < -0.4 is 5.32 Å². The topological polar surface area (TPSA) is 12.0 Å². The second kappa shape index (κ2) is 7.09. The predicted molar refractivity (Wildman–Crippen MR) is 85.6 cm³/mol. The Morgan fingerprint density at radius 1 is 1.05 bits per heavy atom. The van der Waals surface area contributed by atoms with Crippen LogP contribution in [-0.4, -0.2) is 6.54 Å². The number of hydrogen-bond donors (Lipinski definition) is 1. The highest BCUT2D eigenvalue weighted by Gasteiger charge is 2.18. The molecule has 0 saturated carbocycles. The molecular formula is C18H31N. The molecule has 1 aromatic rings. The van der Waals surface area contributed by atoms with E-state index in [-0.39, 0.29) is 5.41 Å². The largest absolute Gasteiger partial charge is 0.310 e. The van der Waals surface area contributed by atoms with Gasteiger partial charge >= 0.3 is 0 Å². The van der Waals surface area contributed by atoms with E-state index in [1.807, 2.05) is 0 Å². The lowest BCUT2D eigenvalue weighted by atomic mass is 9.85. The molecule has 0 saturated heterocycles. The molecule has 0 bridgehead atoms. The summed E-state index contributed by atoms with van der Waals surface area (Å²) in [4.78, 5) is 0. The summed E-state index contributed by atoms with van der Waals surface area (Å²) in [7, 11) is 0. The highest BCUT2D eigenvalue weighted by Crippen LogP contribution is 2.28. The maximum atomic E-state index is 3.69. The van der Waals surface area contributed by atoms with Crippen molar-refractivity contribution in [3.8, 4) is 0 Å². The molecule has 2 unspecified atom stereocenters. The first kappa shape index (κ1) is 16.2. The van der Waals surface area contributed by atoms with Gasteiger partial charge < -0.3 is 5.32 Å². The molecule has 0 aliphatic carbocycles. The molecule has 0 spiro atoms. The van der Waals surface area contributed by atoms with Crippen molar-refractivity contribution in [2.24, 2.45) is 5.92 Å². The maximum Gasteiger partial charge on any atom is 0.0345 e. The molecule has 108 valence electrons. The molecule has 1 N–H and O–H groups in total. The van der Waals surface area contributed by atoms with E-state index in [1.165, 1.54) is 24.0 Å². The molecule has 2 atom stereocenters. The first-order valence-electron chi connectivity index (χ1n) is 7.74. The van der Waals surface area contributed by atoms with E-state index in [9.17, 15) is 0 Å². The van der Waals surface area contributed by atoms with Crippen molar-refractivity contribution in [3.05, 3.63) is 35.4 Å². The van der Waals surface area contributed by atoms with Crippen LogP contribution in [0, 0.1) is 5.92 Å². The minimum atomic E-state index is 0.237. The lowest BCUT2D eigenvalue weighted by Crippen LogP contribution is -2.27. The highest BCUT2D eigenvalue weighted by atomic mass is 14.9. The smallest absolute Gasteiger partial charge is 0.0345 e. The Kier molecular flexibility index (Phi) is 6.06. The molecule has 0 aliphatic heterocycles. The minimum Gasteiger partial charge on any atom is -0.310 e. The Labute approximate surface area is 119 Å². The first-order chi connectivity index (χ1) is 8.90. The summed E-state index contributed by atoms with van der Waals surface area (Å²) in [5.74, 6) is 0.673. The quantitative estimate of drug-likeness (QED) is 0.753. The first-order valence-corrected chi connectivity index (χ1v) is 7.74. The van der Waals surface area contributed by atoms with Crippen LogP contribution in [0.1, 0.15) is 71.6 Å². The van der Waals surface area contributed by atoms with Crippen molar-refractivity contribution >= 4 is 0 Å². The molecule has 1 aromatic carbocycles. The Balaban J connectivity index is 2.90. The summed E-state index contributed by atoms with van der Waals surface area (Å²) < 4.78 is 0. The predicted octanol–water partition coefficient (Wildman–Crippen LogP) is 5.07. The fourth-order valence-corrected chi connectivity index (χ4v) is 2.37. The maximum absolute atomic E-state index is 3.69. The fourth-order valence-electron chi connectivity index (χ4n) is 2.37. The van der Waals surface area contributed by atoms with Gasteiger partial charge in [-0.2, -0.15) is 0 Å². The van der Waals surface area contributed by atoms with Crippen LogP contribution in [0.2, 0.25) is 0 Å². The van der Waals surface area contributed by atoms with E-state index in [1.54, 1.807) is 0 Å². The highest BCUT2D eigenvalue weighted by molar-refractivity contribution is 5.29. The van der Waals surface area contributed by atoms with Crippen molar-refractivity contribution in [3.63, 3.8) is 0 Å². The summed E-state index contributed by atoms with van der Waals surface area (Å²) in [5, 5.41) is 3.69. The lowest BCUT2D eigenvalue weighted by molar-refractivity contribution is 0.377. The van der Waals surface area contributed by atoms with E-state index in [0.29, 0.717) is 12.0 Å². The Morgan fingerprint density at radius 3 is 2.05 bits per heavy atom. The molecule has 0 aliphatic rings.